The molecule has 11 heteroatoms. The first kappa shape index (κ1) is 20.1. The van der Waals surface area contributed by atoms with Crippen LogP contribution in [0, 0.1) is 10.1 Å². The molecule has 3 rings (SSSR count). The molecular formula is C17H17ClF3N5O2. The van der Waals surface area contributed by atoms with Gasteiger partial charge < -0.3 is 10.2 Å². The van der Waals surface area contributed by atoms with E-state index in [1.165, 1.54) is 0 Å². The fraction of sp³-hybridized carbons (Fsp3) is 0.412. The molecule has 1 aromatic carbocycles. The lowest BCUT2D eigenvalue weighted by Crippen LogP contribution is -2.38. The van der Waals surface area contributed by atoms with Crippen molar-refractivity contribution in [2.75, 3.05) is 16.8 Å². The lowest BCUT2D eigenvalue weighted by molar-refractivity contribution is -0.383. The van der Waals surface area contributed by atoms with Crippen LogP contribution in [0.4, 0.5) is 36.2 Å². The zero-order chi connectivity index (χ0) is 20.5. The van der Waals surface area contributed by atoms with Gasteiger partial charge in [-0.2, -0.15) is 13.2 Å². The van der Waals surface area contributed by atoms with Crippen molar-refractivity contribution < 1.29 is 18.1 Å². The van der Waals surface area contributed by atoms with Crippen molar-refractivity contribution in [3.8, 4) is 0 Å². The molecule has 150 valence electrons. The molecule has 0 bridgehead atoms. The predicted molar refractivity (Wildman–Crippen MR) is 99.1 cm³/mol. The van der Waals surface area contributed by atoms with Crippen molar-refractivity contribution in [3.63, 3.8) is 0 Å². The average Bonchev–Trinajstić information content (AvgIpc) is 2.62. The summed E-state index contributed by atoms with van der Waals surface area (Å²) in [6.07, 6.45) is -0.681. The summed E-state index contributed by atoms with van der Waals surface area (Å²) in [5.74, 6) is -0.0770. The minimum Gasteiger partial charge on any atom is -0.348 e. The Hall–Kier alpha value is -2.62. The minimum atomic E-state index is -4.58. The van der Waals surface area contributed by atoms with Crippen molar-refractivity contribution >= 4 is 34.6 Å². The minimum absolute atomic E-state index is 0.0196. The summed E-state index contributed by atoms with van der Waals surface area (Å²) in [6.45, 7) is 2.55. The molecule has 0 aliphatic carbocycles. The predicted octanol–water partition coefficient (Wildman–Crippen LogP) is 5.18. The van der Waals surface area contributed by atoms with Crippen LogP contribution < -0.4 is 10.2 Å². The molecule has 1 N–H and O–H groups in total. The number of nitrogens with zero attached hydrogens (tertiary/aromatic N) is 4. The van der Waals surface area contributed by atoms with Gasteiger partial charge in [0.2, 0.25) is 11.6 Å². The summed E-state index contributed by atoms with van der Waals surface area (Å²) >= 11 is 5.99. The Bertz CT molecular complexity index is 894. The van der Waals surface area contributed by atoms with Crippen molar-refractivity contribution in [1.29, 1.82) is 0 Å². The first-order valence-corrected chi connectivity index (χ1v) is 8.96. The molecule has 0 radical (unpaired) electrons. The van der Waals surface area contributed by atoms with Gasteiger partial charge in [-0.25, -0.2) is 9.97 Å². The molecule has 7 nitrogen and oxygen atoms in total. The number of rotatable bonds is 4. The summed E-state index contributed by atoms with van der Waals surface area (Å²) in [4.78, 5) is 20.9. The number of nitro groups is 1. The van der Waals surface area contributed by atoms with E-state index in [2.05, 4.69) is 15.3 Å². The monoisotopic (exact) mass is 415 g/mol. The Labute approximate surface area is 163 Å². The van der Waals surface area contributed by atoms with Crippen molar-refractivity contribution in [2.24, 2.45) is 0 Å². The van der Waals surface area contributed by atoms with Crippen LogP contribution in [0.15, 0.2) is 24.5 Å². The number of halogens is 4. The largest absolute Gasteiger partial charge is 0.416 e. The molecule has 2 aromatic rings. The lowest BCUT2D eigenvalue weighted by Gasteiger charge is -2.33. The van der Waals surface area contributed by atoms with Crippen LogP contribution in [0.3, 0.4) is 0 Å². The molecule has 28 heavy (non-hydrogen) atoms. The number of hydrogen-bond acceptors (Lipinski definition) is 6. The zero-order valence-corrected chi connectivity index (χ0v) is 15.6. The Morgan fingerprint density at radius 1 is 1.32 bits per heavy atom. The van der Waals surface area contributed by atoms with Gasteiger partial charge in [0.05, 0.1) is 21.2 Å². The van der Waals surface area contributed by atoms with Gasteiger partial charge in [0.1, 0.15) is 6.33 Å². The fourth-order valence-corrected chi connectivity index (χ4v) is 3.34. The van der Waals surface area contributed by atoms with Crippen LogP contribution in [0.1, 0.15) is 31.7 Å². The maximum atomic E-state index is 13.0. The van der Waals surface area contributed by atoms with Crippen molar-refractivity contribution in [1.82, 2.24) is 9.97 Å². The maximum Gasteiger partial charge on any atom is 0.416 e. The Morgan fingerprint density at radius 2 is 2.07 bits per heavy atom. The highest BCUT2D eigenvalue weighted by Crippen LogP contribution is 2.39. The van der Waals surface area contributed by atoms with Crippen LogP contribution in [0.2, 0.25) is 5.02 Å². The van der Waals surface area contributed by atoms with Crippen LogP contribution in [0.5, 0.6) is 0 Å². The van der Waals surface area contributed by atoms with Gasteiger partial charge in [-0.15, -0.1) is 0 Å². The molecule has 2 heterocycles. The number of piperidine rings is 1. The fourth-order valence-electron chi connectivity index (χ4n) is 3.18. The highest BCUT2D eigenvalue weighted by Gasteiger charge is 2.33. The smallest absolute Gasteiger partial charge is 0.348 e. The third-order valence-corrected chi connectivity index (χ3v) is 4.94. The zero-order valence-electron chi connectivity index (χ0n) is 14.8. The van der Waals surface area contributed by atoms with E-state index >= 15 is 0 Å². The lowest BCUT2D eigenvalue weighted by atomic mass is 10.0. The quantitative estimate of drug-likeness (QED) is 0.547. The molecule has 1 saturated heterocycles. The first-order valence-electron chi connectivity index (χ1n) is 8.58. The molecule has 1 fully saturated rings. The SMILES string of the molecule is CC1CCCCN1c1ncnc(Nc2cc(C(F)(F)F)ccc2Cl)c1[N+](=O)[O-]. The van der Waals surface area contributed by atoms with Crippen LogP contribution in [-0.2, 0) is 6.18 Å². The number of benzene rings is 1. The average molecular weight is 416 g/mol. The number of nitrogens with one attached hydrogen (secondary N) is 1. The molecular weight excluding hydrogens is 399 g/mol. The van der Waals surface area contributed by atoms with Crippen molar-refractivity contribution in [3.05, 3.63) is 45.2 Å². The molecule has 0 saturated carbocycles. The van der Waals surface area contributed by atoms with Crippen molar-refractivity contribution in [2.45, 2.75) is 38.4 Å². The van der Waals surface area contributed by atoms with E-state index < -0.39 is 22.4 Å². The van der Waals surface area contributed by atoms with Crippen LogP contribution >= 0.6 is 11.6 Å². The standard InChI is InChI=1S/C17H17ClF3N5O2/c1-10-4-2-3-7-25(10)16-14(26(27)28)15(22-9-23-16)24-13-8-11(17(19,20)21)5-6-12(13)18/h5-6,8-10H,2-4,7H2,1H3,(H,22,23,24). The second kappa shape index (κ2) is 7.78. The van der Waals surface area contributed by atoms with Crippen LogP contribution in [0.25, 0.3) is 0 Å². The van der Waals surface area contributed by atoms with Gasteiger partial charge in [-0.05, 0) is 44.4 Å². The summed E-state index contributed by atoms with van der Waals surface area (Å²) in [5, 5.41) is 14.3. The Balaban J connectivity index is 2.04. The molecule has 0 spiro atoms. The molecule has 1 aliphatic rings. The van der Waals surface area contributed by atoms with Gasteiger partial charge in [0.25, 0.3) is 0 Å². The molecule has 1 aromatic heterocycles. The molecule has 1 unspecified atom stereocenters. The van der Waals surface area contributed by atoms with Gasteiger partial charge in [-0.3, -0.25) is 10.1 Å². The number of anilines is 3. The molecule has 0 amide bonds. The van der Waals surface area contributed by atoms with E-state index in [1.807, 2.05) is 11.8 Å². The number of aromatic nitrogens is 2. The normalized spacial score (nSPS) is 17.5. The highest BCUT2D eigenvalue weighted by atomic mass is 35.5. The third kappa shape index (κ3) is 4.11. The van der Waals surface area contributed by atoms with E-state index in [0.29, 0.717) is 6.54 Å². The van der Waals surface area contributed by atoms with E-state index in [-0.39, 0.29) is 28.4 Å². The second-order valence-electron chi connectivity index (χ2n) is 6.51. The third-order valence-electron chi connectivity index (χ3n) is 4.61. The van der Waals surface area contributed by atoms with Gasteiger partial charge in [0.15, 0.2) is 0 Å². The van der Waals surface area contributed by atoms with E-state index in [9.17, 15) is 23.3 Å². The van der Waals surface area contributed by atoms with E-state index in [1.54, 1.807) is 0 Å². The summed E-state index contributed by atoms with van der Waals surface area (Å²) in [7, 11) is 0. The number of alkyl halides is 3. The van der Waals surface area contributed by atoms with Gasteiger partial charge >= 0.3 is 11.9 Å². The maximum absolute atomic E-state index is 13.0. The van der Waals surface area contributed by atoms with E-state index in [4.69, 9.17) is 11.6 Å². The van der Waals surface area contributed by atoms with E-state index in [0.717, 1.165) is 43.8 Å². The van der Waals surface area contributed by atoms with Gasteiger partial charge in [-0.1, -0.05) is 11.6 Å². The number of hydrogen-bond donors (Lipinski definition) is 1. The second-order valence-corrected chi connectivity index (χ2v) is 6.91. The summed E-state index contributed by atoms with van der Waals surface area (Å²) in [5.41, 5.74) is -1.46. The van der Waals surface area contributed by atoms with Gasteiger partial charge in [0, 0.05) is 12.6 Å². The Kier molecular flexibility index (Phi) is 5.59. The molecule has 1 atom stereocenters. The molecule has 1 aliphatic heterocycles. The summed E-state index contributed by atoms with van der Waals surface area (Å²) in [6, 6.07) is 2.75. The van der Waals surface area contributed by atoms with Crippen LogP contribution in [-0.4, -0.2) is 27.5 Å². The summed E-state index contributed by atoms with van der Waals surface area (Å²) < 4.78 is 39.0. The first-order chi connectivity index (χ1) is 13.2. The topological polar surface area (TPSA) is 84.2 Å². The highest BCUT2D eigenvalue weighted by molar-refractivity contribution is 6.33. The Morgan fingerprint density at radius 3 is 2.71 bits per heavy atom.